The summed E-state index contributed by atoms with van der Waals surface area (Å²) in [6.45, 7) is 7.10. The Bertz CT molecular complexity index is 989. The third-order valence-electron chi connectivity index (χ3n) is 3.36. The molecule has 3 rings (SSSR count). The standard InChI is InChI=1S/C18H19N5O4/c1-10-8-20-13(9-19-10)16(24)22-15-12-7-11(5-6-14(12)27-23-15)21-17(25)26-18(2,3)4/h5-9H,1-4H3,(H,21,25)(H,22,23,24). The fourth-order valence-electron chi connectivity index (χ4n) is 2.21. The lowest BCUT2D eigenvalue weighted by Crippen LogP contribution is -2.27. The summed E-state index contributed by atoms with van der Waals surface area (Å²) in [6.07, 6.45) is 2.29. The van der Waals surface area contributed by atoms with Crippen LogP contribution in [0.2, 0.25) is 0 Å². The van der Waals surface area contributed by atoms with Crippen LogP contribution in [0.1, 0.15) is 37.0 Å². The van der Waals surface area contributed by atoms with Crippen molar-refractivity contribution >= 4 is 34.5 Å². The molecule has 0 aliphatic carbocycles. The molecule has 0 bridgehead atoms. The summed E-state index contributed by atoms with van der Waals surface area (Å²) in [6, 6.07) is 4.91. The highest BCUT2D eigenvalue weighted by Crippen LogP contribution is 2.26. The van der Waals surface area contributed by atoms with Crippen LogP contribution in [0.15, 0.2) is 35.1 Å². The second-order valence-electron chi connectivity index (χ2n) is 6.87. The predicted molar refractivity (Wildman–Crippen MR) is 98.6 cm³/mol. The van der Waals surface area contributed by atoms with Gasteiger partial charge in [-0.05, 0) is 45.9 Å². The van der Waals surface area contributed by atoms with Crippen LogP contribution < -0.4 is 10.6 Å². The van der Waals surface area contributed by atoms with E-state index in [2.05, 4.69) is 25.8 Å². The number of hydrogen-bond donors (Lipinski definition) is 2. The zero-order chi connectivity index (χ0) is 19.6. The highest BCUT2D eigenvalue weighted by Gasteiger charge is 2.18. The highest BCUT2D eigenvalue weighted by atomic mass is 16.6. The van der Waals surface area contributed by atoms with Crippen LogP contribution in [-0.4, -0.2) is 32.7 Å². The second kappa shape index (κ2) is 7.02. The molecule has 140 valence electrons. The van der Waals surface area contributed by atoms with Gasteiger partial charge in [-0.2, -0.15) is 0 Å². The van der Waals surface area contributed by atoms with Crippen LogP contribution in [0.3, 0.4) is 0 Å². The first-order chi connectivity index (χ1) is 12.7. The molecule has 0 saturated carbocycles. The Morgan fingerprint density at radius 1 is 1.11 bits per heavy atom. The Hall–Kier alpha value is -3.49. The van der Waals surface area contributed by atoms with Gasteiger partial charge in [0.15, 0.2) is 11.4 Å². The van der Waals surface area contributed by atoms with Gasteiger partial charge < -0.3 is 14.6 Å². The third kappa shape index (κ3) is 4.57. The summed E-state index contributed by atoms with van der Waals surface area (Å²) < 4.78 is 10.4. The van der Waals surface area contributed by atoms with E-state index in [9.17, 15) is 9.59 Å². The van der Waals surface area contributed by atoms with Crippen LogP contribution in [0, 0.1) is 6.92 Å². The minimum absolute atomic E-state index is 0.153. The van der Waals surface area contributed by atoms with Crippen molar-refractivity contribution in [3.63, 3.8) is 0 Å². The van der Waals surface area contributed by atoms with Gasteiger partial charge in [0.1, 0.15) is 11.3 Å². The summed E-state index contributed by atoms with van der Waals surface area (Å²) in [5.74, 6) is -0.256. The lowest BCUT2D eigenvalue weighted by Gasteiger charge is -2.19. The van der Waals surface area contributed by atoms with Gasteiger partial charge in [0, 0.05) is 11.9 Å². The maximum Gasteiger partial charge on any atom is 0.412 e. The number of nitrogens with zero attached hydrogens (tertiary/aromatic N) is 3. The number of amides is 2. The molecule has 0 aliphatic heterocycles. The normalized spacial score (nSPS) is 11.3. The lowest BCUT2D eigenvalue weighted by atomic mass is 10.2. The zero-order valence-electron chi connectivity index (χ0n) is 15.4. The Morgan fingerprint density at radius 2 is 1.89 bits per heavy atom. The van der Waals surface area contributed by atoms with E-state index in [-0.39, 0.29) is 11.5 Å². The van der Waals surface area contributed by atoms with E-state index in [1.165, 1.54) is 12.4 Å². The fraction of sp³-hybridized carbons (Fsp3) is 0.278. The Balaban J connectivity index is 1.79. The van der Waals surface area contributed by atoms with Crippen molar-refractivity contribution in [1.29, 1.82) is 0 Å². The molecule has 0 aliphatic rings. The molecule has 2 aromatic heterocycles. The largest absolute Gasteiger partial charge is 0.444 e. The smallest absolute Gasteiger partial charge is 0.412 e. The minimum Gasteiger partial charge on any atom is -0.444 e. The first kappa shape index (κ1) is 18.3. The molecule has 3 aromatic rings. The van der Waals surface area contributed by atoms with Crippen molar-refractivity contribution in [3.05, 3.63) is 42.0 Å². The summed E-state index contributed by atoms with van der Waals surface area (Å²) in [7, 11) is 0. The second-order valence-corrected chi connectivity index (χ2v) is 6.87. The molecule has 0 atom stereocenters. The molecular weight excluding hydrogens is 350 g/mol. The van der Waals surface area contributed by atoms with Gasteiger partial charge in [-0.15, -0.1) is 0 Å². The number of aryl methyl sites for hydroxylation is 1. The number of benzene rings is 1. The fourth-order valence-corrected chi connectivity index (χ4v) is 2.21. The number of fused-ring (bicyclic) bond motifs is 1. The maximum absolute atomic E-state index is 12.3. The number of ether oxygens (including phenoxy) is 1. The first-order valence-electron chi connectivity index (χ1n) is 8.21. The van der Waals surface area contributed by atoms with Crippen molar-refractivity contribution in [2.45, 2.75) is 33.3 Å². The molecule has 27 heavy (non-hydrogen) atoms. The van der Waals surface area contributed by atoms with Gasteiger partial charge in [0.25, 0.3) is 5.91 Å². The van der Waals surface area contributed by atoms with E-state index in [0.717, 1.165) is 0 Å². The molecule has 2 amide bonds. The minimum atomic E-state index is -0.612. The van der Waals surface area contributed by atoms with E-state index >= 15 is 0 Å². The van der Waals surface area contributed by atoms with Crippen LogP contribution in [-0.2, 0) is 4.74 Å². The lowest BCUT2D eigenvalue weighted by molar-refractivity contribution is 0.0635. The molecule has 9 nitrogen and oxygen atoms in total. The van der Waals surface area contributed by atoms with Crippen LogP contribution in [0.5, 0.6) is 0 Å². The average molecular weight is 369 g/mol. The topological polar surface area (TPSA) is 119 Å². The van der Waals surface area contributed by atoms with Crippen molar-refractivity contribution in [2.24, 2.45) is 0 Å². The number of aromatic nitrogens is 3. The van der Waals surface area contributed by atoms with Gasteiger partial charge in [0.2, 0.25) is 0 Å². The van der Waals surface area contributed by atoms with Gasteiger partial charge >= 0.3 is 6.09 Å². The van der Waals surface area contributed by atoms with Crippen molar-refractivity contribution in [2.75, 3.05) is 10.6 Å². The molecule has 0 spiro atoms. The van der Waals surface area contributed by atoms with E-state index < -0.39 is 17.6 Å². The van der Waals surface area contributed by atoms with Crippen molar-refractivity contribution < 1.29 is 18.8 Å². The van der Waals surface area contributed by atoms with E-state index in [1.54, 1.807) is 45.9 Å². The summed E-state index contributed by atoms with van der Waals surface area (Å²) in [5.41, 5.74) is 1.18. The SMILES string of the molecule is Cc1cnc(C(=O)Nc2noc3ccc(NC(=O)OC(C)(C)C)cc23)cn1. The van der Waals surface area contributed by atoms with Gasteiger partial charge in [0.05, 0.1) is 17.3 Å². The first-order valence-corrected chi connectivity index (χ1v) is 8.21. The molecule has 0 saturated heterocycles. The summed E-state index contributed by atoms with van der Waals surface area (Å²) in [5, 5.41) is 9.65. The number of carbonyl (C=O) groups excluding carboxylic acids is 2. The summed E-state index contributed by atoms with van der Waals surface area (Å²) in [4.78, 5) is 32.3. The molecule has 0 radical (unpaired) electrons. The summed E-state index contributed by atoms with van der Waals surface area (Å²) >= 11 is 0. The zero-order valence-corrected chi connectivity index (χ0v) is 15.4. The molecule has 1 aromatic carbocycles. The van der Waals surface area contributed by atoms with Crippen LogP contribution >= 0.6 is 0 Å². The van der Waals surface area contributed by atoms with Crippen molar-refractivity contribution in [1.82, 2.24) is 15.1 Å². The molecule has 9 heteroatoms. The number of rotatable bonds is 3. The number of hydrogen-bond acceptors (Lipinski definition) is 7. The molecule has 2 heterocycles. The third-order valence-corrected chi connectivity index (χ3v) is 3.36. The highest BCUT2D eigenvalue weighted by molar-refractivity contribution is 6.07. The monoisotopic (exact) mass is 369 g/mol. The average Bonchev–Trinajstić information content (AvgIpc) is 2.96. The van der Waals surface area contributed by atoms with E-state index in [1.807, 2.05) is 0 Å². The number of nitrogens with one attached hydrogen (secondary N) is 2. The Morgan fingerprint density at radius 3 is 2.56 bits per heavy atom. The van der Waals surface area contributed by atoms with E-state index in [4.69, 9.17) is 9.26 Å². The predicted octanol–water partition coefficient (Wildman–Crippen LogP) is 3.53. The molecule has 2 N–H and O–H groups in total. The molecule has 0 fully saturated rings. The van der Waals surface area contributed by atoms with E-state index in [0.29, 0.717) is 22.4 Å². The molecular formula is C18H19N5O4. The maximum atomic E-state index is 12.3. The quantitative estimate of drug-likeness (QED) is 0.725. The van der Waals surface area contributed by atoms with Crippen LogP contribution in [0.25, 0.3) is 11.0 Å². The Kier molecular flexibility index (Phi) is 4.76. The number of anilines is 2. The Labute approximate surface area is 155 Å². The van der Waals surface area contributed by atoms with Gasteiger partial charge in [-0.1, -0.05) is 5.16 Å². The van der Waals surface area contributed by atoms with Gasteiger partial charge in [-0.3, -0.25) is 15.1 Å². The number of carbonyl (C=O) groups is 2. The van der Waals surface area contributed by atoms with Crippen molar-refractivity contribution in [3.8, 4) is 0 Å². The van der Waals surface area contributed by atoms with Crippen LogP contribution in [0.4, 0.5) is 16.3 Å². The molecule has 0 unspecified atom stereocenters. The van der Waals surface area contributed by atoms with Gasteiger partial charge in [-0.25, -0.2) is 9.78 Å².